The van der Waals surface area contributed by atoms with E-state index in [1.165, 1.54) is 6.92 Å². The highest BCUT2D eigenvalue weighted by molar-refractivity contribution is 7.91. The summed E-state index contributed by atoms with van der Waals surface area (Å²) in [5.74, 6) is -2.01. The first-order valence-electron chi connectivity index (χ1n) is 4.32. The Bertz CT molecular complexity index is 255. The Morgan fingerprint density at radius 2 is 2.00 bits per heavy atom. The maximum absolute atomic E-state index is 11.2. The van der Waals surface area contributed by atoms with Crippen molar-refractivity contribution in [1.29, 1.82) is 0 Å². The summed E-state index contributed by atoms with van der Waals surface area (Å²) in [5.41, 5.74) is 0. The molecule has 0 aliphatic heterocycles. The van der Waals surface area contributed by atoms with Crippen LogP contribution in [-0.2, 0) is 14.6 Å². The second-order valence-electron chi connectivity index (χ2n) is 3.21. The van der Waals surface area contributed by atoms with E-state index >= 15 is 0 Å². The monoisotopic (exact) mass is 208 g/mol. The van der Waals surface area contributed by atoms with E-state index in [1.54, 1.807) is 0 Å². The van der Waals surface area contributed by atoms with Crippen LogP contribution in [0.4, 0.5) is 0 Å². The average molecular weight is 208 g/mol. The fraction of sp³-hybridized carbons (Fsp3) is 0.875. The van der Waals surface area contributed by atoms with Crippen molar-refractivity contribution in [2.24, 2.45) is 5.92 Å². The Morgan fingerprint density at radius 1 is 1.46 bits per heavy atom. The summed E-state index contributed by atoms with van der Waals surface area (Å²) < 4.78 is 22.5. The first-order valence-corrected chi connectivity index (χ1v) is 6.14. The summed E-state index contributed by atoms with van der Waals surface area (Å²) in [6.07, 6.45) is 1.41. The van der Waals surface area contributed by atoms with Gasteiger partial charge in [-0.15, -0.1) is 0 Å². The quantitative estimate of drug-likeness (QED) is 0.704. The highest BCUT2D eigenvalue weighted by Crippen LogP contribution is 2.04. The number of carboxylic acid groups (broad SMARTS) is 1. The second-order valence-corrected chi connectivity index (χ2v) is 5.44. The summed E-state index contributed by atoms with van der Waals surface area (Å²) in [6, 6.07) is 0. The molecule has 0 bridgehead atoms. The van der Waals surface area contributed by atoms with Crippen LogP contribution in [0.3, 0.4) is 0 Å². The van der Waals surface area contributed by atoms with Crippen molar-refractivity contribution in [3.8, 4) is 0 Å². The van der Waals surface area contributed by atoms with Crippen LogP contribution in [0.1, 0.15) is 26.7 Å². The number of carbonyl (C=O) groups is 1. The van der Waals surface area contributed by atoms with Crippen molar-refractivity contribution in [2.75, 3.05) is 11.5 Å². The molecule has 1 atom stereocenters. The van der Waals surface area contributed by atoms with Crippen LogP contribution < -0.4 is 0 Å². The van der Waals surface area contributed by atoms with Gasteiger partial charge in [-0.05, 0) is 6.42 Å². The lowest BCUT2D eigenvalue weighted by molar-refractivity contribution is -0.140. The molecule has 78 valence electrons. The minimum Gasteiger partial charge on any atom is -0.481 e. The smallest absolute Gasteiger partial charge is 0.307 e. The van der Waals surface area contributed by atoms with Gasteiger partial charge < -0.3 is 5.11 Å². The molecule has 0 rings (SSSR count). The van der Waals surface area contributed by atoms with Gasteiger partial charge in [0.2, 0.25) is 0 Å². The Balaban J connectivity index is 4.10. The van der Waals surface area contributed by atoms with Gasteiger partial charge in [-0.25, -0.2) is 8.42 Å². The zero-order valence-corrected chi connectivity index (χ0v) is 8.80. The predicted octanol–water partition coefficient (Wildman–Crippen LogP) is 0.922. The number of aliphatic carboxylic acids is 1. The number of hydrogen-bond donors (Lipinski definition) is 1. The van der Waals surface area contributed by atoms with E-state index in [0.29, 0.717) is 6.42 Å². The third-order valence-corrected chi connectivity index (χ3v) is 3.65. The predicted molar refractivity (Wildman–Crippen MR) is 50.4 cm³/mol. The van der Waals surface area contributed by atoms with Crippen molar-refractivity contribution in [3.05, 3.63) is 0 Å². The van der Waals surface area contributed by atoms with Gasteiger partial charge in [-0.1, -0.05) is 20.3 Å². The number of unbranched alkanes of at least 4 members (excludes halogenated alkanes) is 1. The van der Waals surface area contributed by atoms with E-state index in [9.17, 15) is 13.2 Å². The fourth-order valence-electron chi connectivity index (χ4n) is 0.900. The molecule has 5 heteroatoms. The molecule has 0 saturated carbocycles. The molecule has 0 saturated heterocycles. The number of carboxylic acids is 1. The third kappa shape index (κ3) is 5.63. The van der Waals surface area contributed by atoms with Crippen LogP contribution in [0.2, 0.25) is 0 Å². The molecular formula is C8H16O4S. The van der Waals surface area contributed by atoms with Crippen molar-refractivity contribution in [3.63, 3.8) is 0 Å². The van der Waals surface area contributed by atoms with Crippen molar-refractivity contribution in [2.45, 2.75) is 26.7 Å². The van der Waals surface area contributed by atoms with Gasteiger partial charge in [-0.2, -0.15) is 0 Å². The van der Waals surface area contributed by atoms with Gasteiger partial charge in [0.05, 0.1) is 17.4 Å². The zero-order chi connectivity index (χ0) is 10.5. The molecule has 0 heterocycles. The standard InChI is InChI=1S/C8H16O4S/c1-3-4-5-13(11,12)6-7(2)8(9)10/h7H,3-6H2,1-2H3,(H,9,10). The topological polar surface area (TPSA) is 71.4 Å². The van der Waals surface area contributed by atoms with Crippen LogP contribution in [0.5, 0.6) is 0 Å². The third-order valence-electron chi connectivity index (χ3n) is 1.73. The van der Waals surface area contributed by atoms with Gasteiger partial charge >= 0.3 is 5.97 Å². The Labute approximate surface area is 78.9 Å². The molecule has 0 radical (unpaired) electrons. The number of rotatable bonds is 6. The zero-order valence-electron chi connectivity index (χ0n) is 7.99. The van der Waals surface area contributed by atoms with E-state index in [2.05, 4.69) is 0 Å². The molecule has 0 aliphatic carbocycles. The molecule has 13 heavy (non-hydrogen) atoms. The molecule has 1 N–H and O–H groups in total. The largest absolute Gasteiger partial charge is 0.481 e. The summed E-state index contributed by atoms with van der Waals surface area (Å²) in [4.78, 5) is 10.4. The highest BCUT2D eigenvalue weighted by atomic mass is 32.2. The lowest BCUT2D eigenvalue weighted by Crippen LogP contribution is -2.22. The van der Waals surface area contributed by atoms with E-state index in [0.717, 1.165) is 6.42 Å². The van der Waals surface area contributed by atoms with E-state index in [4.69, 9.17) is 5.11 Å². The van der Waals surface area contributed by atoms with Gasteiger partial charge in [0.15, 0.2) is 9.84 Å². The molecule has 0 aromatic rings. The number of hydrogen-bond acceptors (Lipinski definition) is 3. The number of sulfone groups is 1. The first-order chi connectivity index (χ1) is 5.89. The Kier molecular flexibility index (Phi) is 4.98. The lowest BCUT2D eigenvalue weighted by Gasteiger charge is -2.06. The molecule has 0 spiro atoms. The lowest BCUT2D eigenvalue weighted by atomic mass is 10.2. The summed E-state index contributed by atoms with van der Waals surface area (Å²) in [7, 11) is -3.17. The summed E-state index contributed by atoms with van der Waals surface area (Å²) >= 11 is 0. The van der Waals surface area contributed by atoms with E-state index < -0.39 is 21.7 Å². The van der Waals surface area contributed by atoms with Crippen molar-refractivity contribution in [1.82, 2.24) is 0 Å². The molecule has 0 amide bonds. The minimum atomic E-state index is -3.17. The molecular weight excluding hydrogens is 192 g/mol. The van der Waals surface area contributed by atoms with Gasteiger partial charge in [0.1, 0.15) is 0 Å². The summed E-state index contributed by atoms with van der Waals surface area (Å²) in [6.45, 7) is 3.31. The molecule has 0 aromatic carbocycles. The maximum Gasteiger partial charge on any atom is 0.307 e. The average Bonchev–Trinajstić information content (AvgIpc) is 2.00. The van der Waals surface area contributed by atoms with Crippen LogP contribution in [0, 0.1) is 5.92 Å². The van der Waals surface area contributed by atoms with Crippen molar-refractivity contribution >= 4 is 15.8 Å². The van der Waals surface area contributed by atoms with Gasteiger partial charge in [-0.3, -0.25) is 4.79 Å². The second kappa shape index (κ2) is 5.21. The Hall–Kier alpha value is -0.580. The fourth-order valence-corrected chi connectivity index (χ4v) is 2.70. The van der Waals surface area contributed by atoms with Crippen LogP contribution >= 0.6 is 0 Å². The van der Waals surface area contributed by atoms with Crippen molar-refractivity contribution < 1.29 is 18.3 Å². The normalized spacial score (nSPS) is 14.0. The minimum absolute atomic E-state index is 0.0983. The molecule has 4 nitrogen and oxygen atoms in total. The van der Waals surface area contributed by atoms with E-state index in [1.807, 2.05) is 6.92 Å². The Morgan fingerprint density at radius 3 is 2.38 bits per heavy atom. The highest BCUT2D eigenvalue weighted by Gasteiger charge is 2.20. The SMILES string of the molecule is CCCCS(=O)(=O)CC(C)C(=O)O. The molecule has 0 aliphatic rings. The van der Waals surface area contributed by atoms with Crippen LogP contribution in [0.25, 0.3) is 0 Å². The van der Waals surface area contributed by atoms with Gasteiger partial charge in [0.25, 0.3) is 0 Å². The molecule has 0 fully saturated rings. The van der Waals surface area contributed by atoms with Crippen LogP contribution in [-0.4, -0.2) is 31.0 Å². The van der Waals surface area contributed by atoms with Crippen LogP contribution in [0.15, 0.2) is 0 Å². The molecule has 0 aromatic heterocycles. The van der Waals surface area contributed by atoms with Gasteiger partial charge in [0, 0.05) is 0 Å². The summed E-state index contributed by atoms with van der Waals surface area (Å²) in [5, 5.41) is 8.51. The van der Waals surface area contributed by atoms with E-state index in [-0.39, 0.29) is 11.5 Å². The first kappa shape index (κ1) is 12.4. The maximum atomic E-state index is 11.2. The molecule has 1 unspecified atom stereocenters.